The van der Waals surface area contributed by atoms with Crippen LogP contribution in [0.5, 0.6) is 0 Å². The number of halogens is 3. The van der Waals surface area contributed by atoms with Crippen LogP contribution in [-0.4, -0.2) is 0 Å². The highest BCUT2D eigenvalue weighted by Crippen LogP contribution is 2.37. The summed E-state index contributed by atoms with van der Waals surface area (Å²) in [6.07, 6.45) is 4.21. The van der Waals surface area contributed by atoms with Crippen LogP contribution < -0.4 is 0 Å². The van der Waals surface area contributed by atoms with E-state index in [-0.39, 0.29) is 17.3 Å². The van der Waals surface area contributed by atoms with Gasteiger partial charge in [0.2, 0.25) is 0 Å². The van der Waals surface area contributed by atoms with Crippen LogP contribution in [0.1, 0.15) is 44.1 Å². The minimum atomic E-state index is -0.929. The van der Waals surface area contributed by atoms with Crippen molar-refractivity contribution in [2.75, 3.05) is 0 Å². The molecule has 0 bridgehead atoms. The van der Waals surface area contributed by atoms with Crippen molar-refractivity contribution in [3.63, 3.8) is 0 Å². The summed E-state index contributed by atoms with van der Waals surface area (Å²) < 4.78 is 41.6. The lowest BCUT2D eigenvalue weighted by Gasteiger charge is -2.26. The molecule has 1 saturated carbocycles. The van der Waals surface area contributed by atoms with Gasteiger partial charge in [0.25, 0.3) is 0 Å². The lowest BCUT2D eigenvalue weighted by atomic mass is 9.79. The van der Waals surface area contributed by atoms with Crippen molar-refractivity contribution in [3.8, 4) is 11.1 Å². The van der Waals surface area contributed by atoms with Gasteiger partial charge in [0.15, 0.2) is 11.6 Å². The largest absolute Gasteiger partial charge is 0.207 e. The highest BCUT2D eigenvalue weighted by atomic mass is 19.2. The molecule has 0 saturated heterocycles. The fourth-order valence-electron chi connectivity index (χ4n) is 3.32. The third-order valence-electron chi connectivity index (χ3n) is 4.72. The summed E-state index contributed by atoms with van der Waals surface area (Å²) in [6.45, 7) is 2.22. The standard InChI is InChI=1S/C19H19F3/c1-12-5-7-13(8-6-12)15-10-9-14(11-18(15)21)16-3-2-4-17(20)19(16)22/h2-4,9-13H,5-8H2,1H3. The second kappa shape index (κ2) is 6.15. The van der Waals surface area contributed by atoms with Crippen LogP contribution in [0.2, 0.25) is 0 Å². The molecule has 0 radical (unpaired) electrons. The lowest BCUT2D eigenvalue weighted by Crippen LogP contribution is -2.12. The molecular formula is C19H19F3. The van der Waals surface area contributed by atoms with Crippen LogP contribution in [0.25, 0.3) is 11.1 Å². The van der Waals surface area contributed by atoms with E-state index in [1.807, 2.05) is 0 Å². The molecule has 0 aliphatic heterocycles. The molecule has 1 aliphatic carbocycles. The van der Waals surface area contributed by atoms with E-state index in [0.29, 0.717) is 17.0 Å². The minimum Gasteiger partial charge on any atom is -0.207 e. The van der Waals surface area contributed by atoms with Crippen molar-refractivity contribution in [2.45, 2.75) is 38.5 Å². The third-order valence-corrected chi connectivity index (χ3v) is 4.72. The summed E-state index contributed by atoms with van der Waals surface area (Å²) in [6, 6.07) is 8.71. The van der Waals surface area contributed by atoms with Gasteiger partial charge in [-0.3, -0.25) is 0 Å². The average Bonchev–Trinajstić information content (AvgIpc) is 2.51. The molecule has 2 aromatic rings. The van der Waals surface area contributed by atoms with E-state index in [4.69, 9.17) is 0 Å². The Kier molecular flexibility index (Phi) is 4.23. The van der Waals surface area contributed by atoms with Gasteiger partial charge in [-0.15, -0.1) is 0 Å². The van der Waals surface area contributed by atoms with Gasteiger partial charge in [0.05, 0.1) is 0 Å². The molecule has 0 spiro atoms. The van der Waals surface area contributed by atoms with Crippen molar-refractivity contribution in [2.24, 2.45) is 5.92 Å². The first kappa shape index (κ1) is 15.1. The zero-order valence-corrected chi connectivity index (χ0v) is 12.6. The van der Waals surface area contributed by atoms with Crippen molar-refractivity contribution in [3.05, 3.63) is 59.4 Å². The molecule has 2 aromatic carbocycles. The Labute approximate surface area is 129 Å². The van der Waals surface area contributed by atoms with Crippen molar-refractivity contribution in [1.82, 2.24) is 0 Å². The Hall–Kier alpha value is -1.77. The Morgan fingerprint density at radius 2 is 1.59 bits per heavy atom. The maximum absolute atomic E-state index is 14.4. The molecule has 3 heteroatoms. The number of rotatable bonds is 2. The summed E-state index contributed by atoms with van der Waals surface area (Å²) in [7, 11) is 0. The second-order valence-corrected chi connectivity index (χ2v) is 6.29. The van der Waals surface area contributed by atoms with Crippen molar-refractivity contribution < 1.29 is 13.2 Å². The topological polar surface area (TPSA) is 0 Å². The molecule has 0 unspecified atom stereocenters. The SMILES string of the molecule is CC1CCC(c2ccc(-c3cccc(F)c3F)cc2F)CC1. The van der Waals surface area contributed by atoms with Crippen LogP contribution in [0.3, 0.4) is 0 Å². The first-order valence-corrected chi connectivity index (χ1v) is 7.80. The zero-order chi connectivity index (χ0) is 15.7. The first-order valence-electron chi connectivity index (χ1n) is 7.80. The molecule has 0 N–H and O–H groups in total. The molecular weight excluding hydrogens is 285 g/mol. The van der Waals surface area contributed by atoms with Gasteiger partial charge in [0.1, 0.15) is 5.82 Å². The van der Waals surface area contributed by atoms with E-state index in [0.717, 1.165) is 31.7 Å². The van der Waals surface area contributed by atoms with Crippen LogP contribution in [0.4, 0.5) is 13.2 Å². The van der Waals surface area contributed by atoms with Crippen LogP contribution in [-0.2, 0) is 0 Å². The van der Waals surface area contributed by atoms with Gasteiger partial charge < -0.3 is 0 Å². The van der Waals surface area contributed by atoms with Gasteiger partial charge in [-0.1, -0.05) is 44.0 Å². The minimum absolute atomic E-state index is 0.0997. The molecule has 0 nitrogen and oxygen atoms in total. The summed E-state index contributed by atoms with van der Waals surface area (Å²) >= 11 is 0. The second-order valence-electron chi connectivity index (χ2n) is 6.29. The molecule has 0 atom stereocenters. The van der Waals surface area contributed by atoms with Gasteiger partial charge in [-0.2, -0.15) is 0 Å². The maximum Gasteiger partial charge on any atom is 0.166 e. The average molecular weight is 304 g/mol. The Morgan fingerprint density at radius 1 is 0.864 bits per heavy atom. The van der Waals surface area contributed by atoms with E-state index in [1.165, 1.54) is 18.2 Å². The van der Waals surface area contributed by atoms with Gasteiger partial charge >= 0.3 is 0 Å². The highest BCUT2D eigenvalue weighted by molar-refractivity contribution is 5.64. The fourth-order valence-corrected chi connectivity index (χ4v) is 3.32. The molecule has 0 heterocycles. The molecule has 3 rings (SSSR count). The van der Waals surface area contributed by atoms with E-state index < -0.39 is 11.6 Å². The summed E-state index contributed by atoms with van der Waals surface area (Å²) in [5.41, 5.74) is 1.18. The van der Waals surface area contributed by atoms with Crippen LogP contribution >= 0.6 is 0 Å². The molecule has 22 heavy (non-hydrogen) atoms. The molecule has 0 aromatic heterocycles. The van der Waals surface area contributed by atoms with Crippen molar-refractivity contribution in [1.29, 1.82) is 0 Å². The predicted octanol–water partition coefficient (Wildman–Crippen LogP) is 6.06. The highest BCUT2D eigenvalue weighted by Gasteiger charge is 2.22. The van der Waals surface area contributed by atoms with Crippen molar-refractivity contribution >= 4 is 0 Å². The molecule has 0 amide bonds. The van der Waals surface area contributed by atoms with E-state index in [1.54, 1.807) is 12.1 Å². The third kappa shape index (κ3) is 2.90. The van der Waals surface area contributed by atoms with Gasteiger partial charge in [-0.05, 0) is 47.9 Å². The first-order chi connectivity index (χ1) is 10.6. The monoisotopic (exact) mass is 304 g/mol. The fraction of sp³-hybridized carbons (Fsp3) is 0.368. The molecule has 116 valence electrons. The maximum atomic E-state index is 14.4. The quantitative estimate of drug-likeness (QED) is 0.632. The Morgan fingerprint density at radius 3 is 2.27 bits per heavy atom. The van der Waals surface area contributed by atoms with Gasteiger partial charge in [-0.25, -0.2) is 13.2 Å². The Bertz CT molecular complexity index is 670. The molecule has 1 fully saturated rings. The normalized spacial score (nSPS) is 21.8. The van der Waals surface area contributed by atoms with Crippen LogP contribution in [0, 0.1) is 23.4 Å². The molecule has 1 aliphatic rings. The van der Waals surface area contributed by atoms with E-state index in [9.17, 15) is 13.2 Å². The van der Waals surface area contributed by atoms with Crippen LogP contribution in [0.15, 0.2) is 36.4 Å². The number of hydrogen-bond donors (Lipinski definition) is 0. The number of hydrogen-bond acceptors (Lipinski definition) is 0. The summed E-state index contributed by atoms with van der Waals surface area (Å²) in [5, 5.41) is 0. The summed E-state index contributed by atoms with van der Waals surface area (Å²) in [5.74, 6) is -1.22. The smallest absolute Gasteiger partial charge is 0.166 e. The predicted molar refractivity (Wildman–Crippen MR) is 82.1 cm³/mol. The van der Waals surface area contributed by atoms with Gasteiger partial charge in [0, 0.05) is 5.56 Å². The summed E-state index contributed by atoms with van der Waals surface area (Å²) in [4.78, 5) is 0. The zero-order valence-electron chi connectivity index (χ0n) is 12.6. The number of benzene rings is 2. The lowest BCUT2D eigenvalue weighted by molar-refractivity contribution is 0.342. The van der Waals surface area contributed by atoms with E-state index >= 15 is 0 Å². The van der Waals surface area contributed by atoms with E-state index in [2.05, 4.69) is 6.92 Å². The Balaban J connectivity index is 1.91.